The Morgan fingerprint density at radius 1 is 1.50 bits per heavy atom. The fraction of sp³-hybridized carbons (Fsp3) is 0.364. The molecule has 0 radical (unpaired) electrons. The molecule has 3 heteroatoms. The highest BCUT2D eigenvalue weighted by molar-refractivity contribution is 5.83. The fourth-order valence-electron chi connectivity index (χ4n) is 1.63. The van der Waals surface area contributed by atoms with E-state index in [1.807, 2.05) is 25.1 Å². The Morgan fingerprint density at radius 2 is 2.36 bits per heavy atom. The van der Waals surface area contributed by atoms with Crippen molar-refractivity contribution in [2.45, 2.75) is 19.4 Å². The third-order valence-electron chi connectivity index (χ3n) is 2.41. The summed E-state index contributed by atoms with van der Waals surface area (Å²) in [6, 6.07) is 8.40. The molecule has 0 saturated carbocycles. The van der Waals surface area contributed by atoms with Gasteiger partial charge in [0.1, 0.15) is 5.75 Å². The van der Waals surface area contributed by atoms with Gasteiger partial charge in [0.2, 0.25) is 0 Å². The van der Waals surface area contributed by atoms with Gasteiger partial charge in [0.25, 0.3) is 0 Å². The van der Waals surface area contributed by atoms with Crippen LogP contribution in [0.1, 0.15) is 24.9 Å². The van der Waals surface area contributed by atoms with Gasteiger partial charge in [-0.1, -0.05) is 12.1 Å². The van der Waals surface area contributed by atoms with Crippen LogP contribution in [-0.2, 0) is 0 Å². The molecular formula is C11H14N2O. The van der Waals surface area contributed by atoms with Gasteiger partial charge < -0.3 is 10.2 Å². The molecule has 1 unspecified atom stereocenters. The van der Waals surface area contributed by atoms with Crippen LogP contribution in [0.3, 0.4) is 0 Å². The number of ether oxygens (including phenoxy) is 1. The van der Waals surface area contributed by atoms with Gasteiger partial charge in [0.15, 0.2) is 0 Å². The smallest absolute Gasteiger partial charge is 0.119 e. The molecule has 14 heavy (non-hydrogen) atoms. The molecule has 3 nitrogen and oxygen atoms in total. The first-order valence-corrected chi connectivity index (χ1v) is 4.72. The highest BCUT2D eigenvalue weighted by atomic mass is 16.5. The van der Waals surface area contributed by atoms with E-state index in [-0.39, 0.29) is 0 Å². The van der Waals surface area contributed by atoms with Gasteiger partial charge in [0, 0.05) is 12.1 Å². The number of benzene rings is 1. The summed E-state index contributed by atoms with van der Waals surface area (Å²) >= 11 is 0. The second-order valence-electron chi connectivity index (χ2n) is 3.51. The van der Waals surface area contributed by atoms with Crippen molar-refractivity contribution in [3.63, 3.8) is 0 Å². The van der Waals surface area contributed by atoms with E-state index in [1.165, 1.54) is 5.56 Å². The molecule has 0 fully saturated rings. The number of nitrogens with zero attached hydrogens (tertiary/aromatic N) is 1. The van der Waals surface area contributed by atoms with Gasteiger partial charge in [-0.2, -0.15) is 5.10 Å². The maximum atomic E-state index is 5.18. The molecule has 1 heterocycles. The predicted molar refractivity (Wildman–Crippen MR) is 56.6 cm³/mol. The summed E-state index contributed by atoms with van der Waals surface area (Å²) in [6.45, 7) is 2.03. The van der Waals surface area contributed by atoms with E-state index in [9.17, 15) is 0 Å². The Labute approximate surface area is 83.8 Å². The van der Waals surface area contributed by atoms with Crippen LogP contribution in [-0.4, -0.2) is 12.8 Å². The summed E-state index contributed by atoms with van der Waals surface area (Å²) < 4.78 is 5.18. The summed E-state index contributed by atoms with van der Waals surface area (Å²) in [5.41, 5.74) is 5.48. The lowest BCUT2D eigenvalue weighted by Crippen LogP contribution is -2.09. The maximum absolute atomic E-state index is 5.18. The molecule has 1 aromatic rings. The van der Waals surface area contributed by atoms with Crippen LogP contribution in [0.2, 0.25) is 0 Å². The minimum atomic E-state index is 0.310. The van der Waals surface area contributed by atoms with Gasteiger partial charge in [-0.25, -0.2) is 0 Å². The highest BCUT2D eigenvalue weighted by Gasteiger charge is 2.17. The van der Waals surface area contributed by atoms with Crippen molar-refractivity contribution in [3.8, 4) is 5.75 Å². The largest absolute Gasteiger partial charge is 0.497 e. The summed E-state index contributed by atoms with van der Waals surface area (Å²) in [5.74, 6) is 0.897. The Kier molecular flexibility index (Phi) is 2.39. The number of methoxy groups -OCH3 is 1. The molecule has 0 bridgehead atoms. The zero-order chi connectivity index (χ0) is 9.97. The summed E-state index contributed by atoms with van der Waals surface area (Å²) in [5, 5.41) is 4.18. The average Bonchev–Trinajstić information content (AvgIpc) is 2.65. The monoisotopic (exact) mass is 190 g/mol. The molecular weight excluding hydrogens is 176 g/mol. The fourth-order valence-corrected chi connectivity index (χ4v) is 1.63. The van der Waals surface area contributed by atoms with Crippen molar-refractivity contribution in [3.05, 3.63) is 29.8 Å². The van der Waals surface area contributed by atoms with Crippen LogP contribution in [0.15, 0.2) is 29.4 Å². The lowest BCUT2D eigenvalue weighted by molar-refractivity contribution is 0.413. The second kappa shape index (κ2) is 3.70. The van der Waals surface area contributed by atoms with Crippen molar-refractivity contribution in [2.24, 2.45) is 5.10 Å². The molecule has 0 aromatic heterocycles. The molecule has 1 atom stereocenters. The van der Waals surface area contributed by atoms with Crippen molar-refractivity contribution in [2.75, 3.05) is 7.11 Å². The average molecular weight is 190 g/mol. The Morgan fingerprint density at radius 3 is 3.00 bits per heavy atom. The van der Waals surface area contributed by atoms with Crippen molar-refractivity contribution in [1.29, 1.82) is 0 Å². The van der Waals surface area contributed by atoms with Gasteiger partial charge in [-0.15, -0.1) is 0 Å². The van der Waals surface area contributed by atoms with E-state index in [0.29, 0.717) is 6.04 Å². The van der Waals surface area contributed by atoms with Crippen molar-refractivity contribution in [1.82, 2.24) is 5.43 Å². The standard InChI is InChI=1S/C11H14N2O/c1-8-6-11(13-12-8)9-4-3-5-10(7-9)14-2/h3-5,7,11,13H,6H2,1-2H3. The molecule has 0 amide bonds. The first-order valence-electron chi connectivity index (χ1n) is 4.72. The van der Waals surface area contributed by atoms with E-state index < -0.39 is 0 Å². The molecule has 2 rings (SSSR count). The van der Waals surface area contributed by atoms with Crippen LogP contribution in [0, 0.1) is 0 Å². The Bertz CT molecular complexity index is 360. The summed E-state index contributed by atoms with van der Waals surface area (Å²) in [6.07, 6.45) is 0.979. The summed E-state index contributed by atoms with van der Waals surface area (Å²) in [4.78, 5) is 0. The van der Waals surface area contributed by atoms with Gasteiger partial charge in [-0.05, 0) is 24.6 Å². The van der Waals surface area contributed by atoms with Crippen LogP contribution >= 0.6 is 0 Å². The van der Waals surface area contributed by atoms with E-state index in [1.54, 1.807) is 7.11 Å². The SMILES string of the molecule is COc1cccc(C2CC(C)=NN2)c1. The number of hydrogen-bond donors (Lipinski definition) is 1. The Hall–Kier alpha value is -1.51. The molecule has 0 saturated heterocycles. The number of rotatable bonds is 2. The molecule has 0 spiro atoms. The minimum absolute atomic E-state index is 0.310. The molecule has 1 N–H and O–H groups in total. The molecule has 1 aliphatic rings. The number of hydrazone groups is 1. The second-order valence-corrected chi connectivity index (χ2v) is 3.51. The third kappa shape index (κ3) is 1.71. The molecule has 1 aromatic carbocycles. The zero-order valence-electron chi connectivity index (χ0n) is 8.45. The van der Waals surface area contributed by atoms with E-state index in [4.69, 9.17) is 4.74 Å². The van der Waals surface area contributed by atoms with E-state index in [0.717, 1.165) is 17.9 Å². The Balaban J connectivity index is 2.17. The lowest BCUT2D eigenvalue weighted by Gasteiger charge is -2.10. The first kappa shape index (κ1) is 9.06. The molecule has 74 valence electrons. The van der Waals surface area contributed by atoms with Crippen molar-refractivity contribution < 1.29 is 4.74 Å². The topological polar surface area (TPSA) is 33.6 Å². The quantitative estimate of drug-likeness (QED) is 0.774. The van der Waals surface area contributed by atoms with Crippen LogP contribution < -0.4 is 10.2 Å². The van der Waals surface area contributed by atoms with Gasteiger partial charge >= 0.3 is 0 Å². The molecule has 0 aliphatic carbocycles. The number of nitrogens with one attached hydrogen (secondary N) is 1. The van der Waals surface area contributed by atoms with E-state index >= 15 is 0 Å². The molecule has 1 aliphatic heterocycles. The maximum Gasteiger partial charge on any atom is 0.119 e. The van der Waals surface area contributed by atoms with Gasteiger partial charge in [-0.3, -0.25) is 0 Å². The van der Waals surface area contributed by atoms with Crippen LogP contribution in [0.4, 0.5) is 0 Å². The number of hydrogen-bond acceptors (Lipinski definition) is 3. The highest BCUT2D eigenvalue weighted by Crippen LogP contribution is 2.24. The third-order valence-corrected chi connectivity index (χ3v) is 2.41. The predicted octanol–water partition coefficient (Wildman–Crippen LogP) is 2.11. The normalized spacial score (nSPS) is 20.1. The minimum Gasteiger partial charge on any atom is -0.497 e. The summed E-state index contributed by atoms with van der Waals surface area (Å²) in [7, 11) is 1.68. The first-order chi connectivity index (χ1) is 6.79. The zero-order valence-corrected chi connectivity index (χ0v) is 8.45. The van der Waals surface area contributed by atoms with Crippen LogP contribution in [0.5, 0.6) is 5.75 Å². The lowest BCUT2D eigenvalue weighted by atomic mass is 10.0. The van der Waals surface area contributed by atoms with Crippen molar-refractivity contribution >= 4 is 5.71 Å². The van der Waals surface area contributed by atoms with Crippen LogP contribution in [0.25, 0.3) is 0 Å². The van der Waals surface area contributed by atoms with Gasteiger partial charge in [0.05, 0.1) is 13.2 Å². The van der Waals surface area contributed by atoms with E-state index in [2.05, 4.69) is 16.6 Å².